The first-order chi connectivity index (χ1) is 10.3. The molecule has 0 aromatic heterocycles. The van der Waals surface area contributed by atoms with Crippen molar-refractivity contribution >= 4 is 27.3 Å². The number of sulfone groups is 1. The molecule has 0 saturated heterocycles. The third-order valence-corrected chi connectivity index (χ3v) is 6.71. The van der Waals surface area contributed by atoms with Crippen molar-refractivity contribution in [2.75, 3.05) is 11.5 Å². The zero-order chi connectivity index (χ0) is 16.3. The Kier molecular flexibility index (Phi) is 5.19. The minimum absolute atomic E-state index is 0.295. The van der Waals surface area contributed by atoms with Crippen molar-refractivity contribution in [1.29, 1.82) is 0 Å². The van der Waals surface area contributed by atoms with E-state index in [4.69, 9.17) is 5.73 Å². The molecule has 0 saturated carbocycles. The van der Waals surface area contributed by atoms with Gasteiger partial charge in [-0.1, -0.05) is 32.0 Å². The number of hydrogen-bond acceptors (Lipinski definition) is 4. The van der Waals surface area contributed by atoms with Gasteiger partial charge in [0.2, 0.25) is 9.84 Å². The fourth-order valence-electron chi connectivity index (χ4n) is 2.09. The first-order valence-corrected chi connectivity index (χ1v) is 9.62. The quantitative estimate of drug-likeness (QED) is 0.658. The molecule has 0 atom stereocenters. The molecule has 118 valence electrons. The summed E-state index contributed by atoms with van der Waals surface area (Å²) >= 11 is 1.65. The summed E-state index contributed by atoms with van der Waals surface area (Å²) in [5.74, 6) is 1.45. The zero-order valence-electron chi connectivity index (χ0n) is 13.0. The Morgan fingerprint density at radius 1 is 1.14 bits per heavy atom. The van der Waals surface area contributed by atoms with Gasteiger partial charge in [0.05, 0.1) is 9.79 Å². The van der Waals surface area contributed by atoms with E-state index in [9.17, 15) is 8.42 Å². The minimum Gasteiger partial charge on any atom is -0.399 e. The van der Waals surface area contributed by atoms with Crippen molar-refractivity contribution < 1.29 is 8.42 Å². The Bertz CT molecular complexity index is 754. The van der Waals surface area contributed by atoms with Crippen LogP contribution in [0, 0.1) is 12.8 Å². The van der Waals surface area contributed by atoms with Crippen LogP contribution in [0.5, 0.6) is 0 Å². The van der Waals surface area contributed by atoms with Crippen LogP contribution in [-0.4, -0.2) is 14.2 Å². The molecule has 0 amide bonds. The third-order valence-electron chi connectivity index (χ3n) is 3.25. The molecule has 0 aliphatic carbocycles. The highest BCUT2D eigenvalue weighted by molar-refractivity contribution is 7.99. The highest BCUT2D eigenvalue weighted by Gasteiger charge is 2.22. The van der Waals surface area contributed by atoms with Gasteiger partial charge in [0.25, 0.3) is 0 Å². The number of thioether (sulfide) groups is 1. The van der Waals surface area contributed by atoms with Gasteiger partial charge in [0.15, 0.2) is 0 Å². The largest absolute Gasteiger partial charge is 0.399 e. The third kappa shape index (κ3) is 3.65. The lowest BCUT2D eigenvalue weighted by Crippen LogP contribution is -2.06. The van der Waals surface area contributed by atoms with Crippen molar-refractivity contribution in [3.05, 3.63) is 48.0 Å². The zero-order valence-corrected chi connectivity index (χ0v) is 14.7. The monoisotopic (exact) mass is 335 g/mol. The summed E-state index contributed by atoms with van der Waals surface area (Å²) in [5, 5.41) is 0. The molecule has 2 aromatic rings. The van der Waals surface area contributed by atoms with Gasteiger partial charge in [0, 0.05) is 16.3 Å². The second-order valence-corrected chi connectivity index (χ2v) is 8.64. The van der Waals surface area contributed by atoms with Crippen LogP contribution in [0.25, 0.3) is 0 Å². The number of nitrogens with two attached hydrogens (primary N) is 1. The van der Waals surface area contributed by atoms with E-state index in [0.717, 1.165) is 16.2 Å². The van der Waals surface area contributed by atoms with Crippen molar-refractivity contribution in [3.8, 4) is 0 Å². The normalized spacial score (nSPS) is 11.8. The fourth-order valence-corrected chi connectivity index (χ4v) is 4.79. The highest BCUT2D eigenvalue weighted by Crippen LogP contribution is 2.33. The number of hydrogen-bond donors (Lipinski definition) is 1. The average Bonchev–Trinajstić information content (AvgIpc) is 2.48. The van der Waals surface area contributed by atoms with E-state index in [1.165, 1.54) is 0 Å². The summed E-state index contributed by atoms with van der Waals surface area (Å²) in [6, 6.07) is 11.9. The number of anilines is 1. The fraction of sp³-hybridized carbons (Fsp3) is 0.294. The van der Waals surface area contributed by atoms with Crippen molar-refractivity contribution in [2.45, 2.75) is 35.5 Å². The van der Waals surface area contributed by atoms with E-state index >= 15 is 0 Å². The molecule has 5 heteroatoms. The average molecular weight is 335 g/mol. The molecule has 0 heterocycles. The van der Waals surface area contributed by atoms with Gasteiger partial charge in [0.1, 0.15) is 0 Å². The number of benzene rings is 2. The Hall–Kier alpha value is -1.46. The first kappa shape index (κ1) is 16.9. The van der Waals surface area contributed by atoms with Crippen LogP contribution in [0.4, 0.5) is 5.69 Å². The lowest BCUT2D eigenvalue weighted by Gasteiger charge is -2.14. The van der Waals surface area contributed by atoms with Crippen LogP contribution >= 0.6 is 11.8 Å². The summed E-state index contributed by atoms with van der Waals surface area (Å²) in [6.07, 6.45) is 0. The van der Waals surface area contributed by atoms with Crippen LogP contribution in [0.1, 0.15) is 19.4 Å². The van der Waals surface area contributed by atoms with Crippen LogP contribution in [0.2, 0.25) is 0 Å². The molecule has 0 radical (unpaired) electrons. The maximum atomic E-state index is 12.8. The van der Waals surface area contributed by atoms with Gasteiger partial charge < -0.3 is 5.73 Å². The van der Waals surface area contributed by atoms with Gasteiger partial charge in [-0.25, -0.2) is 8.42 Å². The Morgan fingerprint density at radius 3 is 2.36 bits per heavy atom. The van der Waals surface area contributed by atoms with Gasteiger partial charge >= 0.3 is 0 Å². The van der Waals surface area contributed by atoms with E-state index in [1.54, 1.807) is 48.2 Å². The number of rotatable bonds is 5. The predicted octanol–water partition coefficient (Wildman–Crippen LogP) is 4.16. The maximum Gasteiger partial charge on any atom is 0.206 e. The second-order valence-electron chi connectivity index (χ2n) is 5.66. The van der Waals surface area contributed by atoms with Crippen LogP contribution in [0.3, 0.4) is 0 Å². The summed E-state index contributed by atoms with van der Waals surface area (Å²) in [4.78, 5) is 1.52. The molecular weight excluding hydrogens is 314 g/mol. The lowest BCUT2D eigenvalue weighted by atomic mass is 10.2. The van der Waals surface area contributed by atoms with Crippen LogP contribution < -0.4 is 5.73 Å². The van der Waals surface area contributed by atoms with Crippen LogP contribution in [0.15, 0.2) is 57.2 Å². The van der Waals surface area contributed by atoms with Gasteiger partial charge in [-0.3, -0.25) is 0 Å². The van der Waals surface area contributed by atoms with Crippen molar-refractivity contribution in [1.82, 2.24) is 0 Å². The van der Waals surface area contributed by atoms with E-state index in [-0.39, 0.29) is 0 Å². The molecule has 22 heavy (non-hydrogen) atoms. The Labute approximate surface area is 136 Å². The summed E-state index contributed by atoms with van der Waals surface area (Å²) in [6.45, 7) is 6.12. The Morgan fingerprint density at radius 2 is 1.77 bits per heavy atom. The molecular formula is C17H21NO2S2. The van der Waals surface area contributed by atoms with Crippen molar-refractivity contribution in [2.24, 2.45) is 5.92 Å². The molecule has 0 aliphatic heterocycles. The Balaban J connectivity index is 2.52. The second kappa shape index (κ2) is 6.75. The summed E-state index contributed by atoms with van der Waals surface area (Å²) in [7, 11) is -3.55. The first-order valence-electron chi connectivity index (χ1n) is 7.15. The van der Waals surface area contributed by atoms with Gasteiger partial charge in [-0.15, -0.1) is 11.8 Å². The van der Waals surface area contributed by atoms with Crippen LogP contribution in [-0.2, 0) is 9.84 Å². The molecule has 3 nitrogen and oxygen atoms in total. The molecule has 2 rings (SSSR count). The van der Waals surface area contributed by atoms with E-state index in [2.05, 4.69) is 13.8 Å². The van der Waals surface area contributed by atoms with E-state index in [0.29, 0.717) is 21.4 Å². The highest BCUT2D eigenvalue weighted by atomic mass is 32.2. The molecule has 0 spiro atoms. The molecule has 0 fully saturated rings. The lowest BCUT2D eigenvalue weighted by molar-refractivity contribution is 0.595. The SMILES string of the molecule is Cc1c(SCC(C)C)cc(N)cc1S(=O)(=O)c1ccccc1. The van der Waals surface area contributed by atoms with Crippen molar-refractivity contribution in [3.63, 3.8) is 0 Å². The molecule has 0 unspecified atom stereocenters. The van der Waals surface area contributed by atoms with E-state index < -0.39 is 9.84 Å². The molecule has 0 bridgehead atoms. The smallest absolute Gasteiger partial charge is 0.206 e. The standard InChI is InChI=1S/C17H21NO2S2/c1-12(2)11-21-16-9-14(18)10-17(13(16)3)22(19,20)15-7-5-4-6-8-15/h4-10,12H,11,18H2,1-3H3. The van der Waals surface area contributed by atoms with Gasteiger partial charge in [-0.05, 0) is 42.7 Å². The topological polar surface area (TPSA) is 60.2 Å². The molecule has 2 N–H and O–H groups in total. The van der Waals surface area contributed by atoms with E-state index in [1.807, 2.05) is 13.0 Å². The molecule has 2 aromatic carbocycles. The summed E-state index contributed by atoms with van der Waals surface area (Å²) < 4.78 is 25.7. The number of nitrogen functional groups attached to an aromatic ring is 1. The minimum atomic E-state index is -3.55. The predicted molar refractivity (Wildman–Crippen MR) is 93.0 cm³/mol. The molecule has 0 aliphatic rings. The van der Waals surface area contributed by atoms with Gasteiger partial charge in [-0.2, -0.15) is 0 Å². The maximum absolute atomic E-state index is 12.8. The summed E-state index contributed by atoms with van der Waals surface area (Å²) in [5.41, 5.74) is 7.18.